The van der Waals surface area contributed by atoms with Crippen molar-refractivity contribution in [3.63, 3.8) is 0 Å². The summed E-state index contributed by atoms with van der Waals surface area (Å²) in [5.74, 6) is 0.740. The molecule has 0 fully saturated rings. The first kappa shape index (κ1) is 14.0. The average Bonchev–Trinajstić information content (AvgIpc) is 2.14. The van der Waals surface area contributed by atoms with Gasteiger partial charge in [-0.05, 0) is 19.9 Å². The zero-order valence-corrected chi connectivity index (χ0v) is 10.2. The van der Waals surface area contributed by atoms with E-state index < -0.39 is 10.8 Å². The molecule has 0 spiro atoms. The number of hydrogen-bond donors (Lipinski definition) is 1. The van der Waals surface area contributed by atoms with E-state index in [1.165, 1.54) is 0 Å². The van der Waals surface area contributed by atoms with Crippen LogP contribution in [0.2, 0.25) is 0 Å². The molecule has 0 aliphatic heterocycles. The summed E-state index contributed by atoms with van der Waals surface area (Å²) in [7, 11) is 2.54. The molecule has 0 bridgehead atoms. The molecule has 2 atom stereocenters. The minimum atomic E-state index is -0.697. The molecule has 4 nitrogen and oxygen atoms in total. The lowest BCUT2D eigenvalue weighted by Gasteiger charge is -2.21. The minimum Gasteiger partial charge on any atom is -0.354 e. The second-order valence-electron chi connectivity index (χ2n) is 3.21. The van der Waals surface area contributed by atoms with Gasteiger partial charge in [0.05, 0.1) is 6.04 Å². The number of nitrogens with one attached hydrogen (secondary N) is 1. The molecule has 0 heterocycles. The Balaban J connectivity index is 3.51. The quantitative estimate of drug-likeness (QED) is 0.476. The molecule has 0 saturated heterocycles. The van der Waals surface area contributed by atoms with E-state index in [0.717, 1.165) is 18.7 Å². The number of hydrogen-bond acceptors (Lipinski definition) is 4. The summed E-state index contributed by atoms with van der Waals surface area (Å²) in [5, 5.41) is 3.26. The van der Waals surface area contributed by atoms with E-state index in [4.69, 9.17) is 9.47 Å². The van der Waals surface area contributed by atoms with E-state index in [9.17, 15) is 4.21 Å². The predicted molar refractivity (Wildman–Crippen MR) is 58.8 cm³/mol. The van der Waals surface area contributed by atoms with Crippen molar-refractivity contribution >= 4 is 10.8 Å². The van der Waals surface area contributed by atoms with E-state index in [0.29, 0.717) is 0 Å². The van der Waals surface area contributed by atoms with Crippen molar-refractivity contribution in [2.45, 2.75) is 25.7 Å². The monoisotopic (exact) mass is 223 g/mol. The Bertz CT molecular complexity index is 162. The number of ether oxygens (including phenoxy) is 2. The summed E-state index contributed by atoms with van der Waals surface area (Å²) in [5.41, 5.74) is 0. The number of methoxy groups -OCH3 is 2. The van der Waals surface area contributed by atoms with Crippen molar-refractivity contribution in [2.75, 3.05) is 32.8 Å². The highest BCUT2D eigenvalue weighted by molar-refractivity contribution is 7.84. The van der Waals surface area contributed by atoms with Crippen LogP contribution in [-0.2, 0) is 20.3 Å². The summed E-state index contributed by atoms with van der Waals surface area (Å²) < 4.78 is 21.0. The summed E-state index contributed by atoms with van der Waals surface area (Å²) in [6.07, 6.45) is 2.41. The summed E-state index contributed by atoms with van der Waals surface area (Å²) in [6, 6.07) is 0.148. The molecule has 5 heteroatoms. The van der Waals surface area contributed by atoms with Gasteiger partial charge in [0.25, 0.3) is 0 Å². The largest absolute Gasteiger partial charge is 0.354 e. The van der Waals surface area contributed by atoms with E-state index >= 15 is 0 Å². The van der Waals surface area contributed by atoms with Crippen LogP contribution >= 0.6 is 0 Å². The van der Waals surface area contributed by atoms with Gasteiger partial charge in [0.15, 0.2) is 6.29 Å². The summed E-state index contributed by atoms with van der Waals surface area (Å²) >= 11 is 0. The van der Waals surface area contributed by atoms with Crippen LogP contribution in [0.5, 0.6) is 0 Å². The van der Waals surface area contributed by atoms with Crippen molar-refractivity contribution in [3.05, 3.63) is 0 Å². The van der Waals surface area contributed by atoms with Gasteiger partial charge in [0.1, 0.15) is 0 Å². The maximum Gasteiger partial charge on any atom is 0.171 e. The van der Waals surface area contributed by atoms with Gasteiger partial charge < -0.3 is 14.8 Å². The van der Waals surface area contributed by atoms with Crippen LogP contribution < -0.4 is 5.32 Å². The Morgan fingerprint density at radius 1 is 1.36 bits per heavy atom. The molecule has 0 aliphatic rings. The average molecular weight is 223 g/mol. The molecular formula is C9H21NO3S. The van der Waals surface area contributed by atoms with Crippen LogP contribution in [0.15, 0.2) is 0 Å². The van der Waals surface area contributed by atoms with E-state index in [2.05, 4.69) is 5.32 Å². The van der Waals surface area contributed by atoms with Crippen LogP contribution in [0, 0.1) is 0 Å². The van der Waals surface area contributed by atoms with Crippen molar-refractivity contribution in [1.29, 1.82) is 0 Å². The zero-order chi connectivity index (χ0) is 11.0. The second kappa shape index (κ2) is 8.35. The molecule has 1 N–H and O–H groups in total. The van der Waals surface area contributed by atoms with Gasteiger partial charge in [-0.25, -0.2) is 0 Å². The Kier molecular flexibility index (Phi) is 8.37. The molecule has 2 unspecified atom stereocenters. The Labute approximate surface area is 88.8 Å². The van der Waals surface area contributed by atoms with Crippen LogP contribution in [-0.4, -0.2) is 49.3 Å². The van der Waals surface area contributed by atoms with Crippen LogP contribution in [0.25, 0.3) is 0 Å². The molecule has 0 saturated carbocycles. The third kappa shape index (κ3) is 6.48. The normalized spacial score (nSPS) is 15.8. The molecule has 86 valence electrons. The Morgan fingerprint density at radius 3 is 2.36 bits per heavy atom. The van der Waals surface area contributed by atoms with Gasteiger partial charge in [-0.2, -0.15) is 0 Å². The van der Waals surface area contributed by atoms with E-state index in [-0.39, 0.29) is 12.3 Å². The van der Waals surface area contributed by atoms with Crippen molar-refractivity contribution in [2.24, 2.45) is 0 Å². The molecule has 0 aromatic rings. The fraction of sp³-hybridized carbons (Fsp3) is 1.00. The highest BCUT2D eigenvalue weighted by Gasteiger charge is 2.14. The third-order valence-corrected chi connectivity index (χ3v) is 2.81. The molecule has 0 radical (unpaired) electrons. The van der Waals surface area contributed by atoms with Crippen LogP contribution in [0.4, 0.5) is 0 Å². The molecule has 0 aromatic carbocycles. The van der Waals surface area contributed by atoms with Crippen molar-refractivity contribution in [1.82, 2.24) is 5.32 Å². The molecule has 0 amide bonds. The van der Waals surface area contributed by atoms with Gasteiger partial charge in [0.2, 0.25) is 0 Å². The SMILES string of the molecule is COC(OC)C(C)NCCCS(C)=O. The standard InChI is InChI=1S/C9H21NO3S/c1-8(9(12-2)13-3)10-6-5-7-14(4)11/h8-10H,5-7H2,1-4H3. The smallest absolute Gasteiger partial charge is 0.171 e. The molecule has 14 heavy (non-hydrogen) atoms. The molecular weight excluding hydrogens is 202 g/mol. The minimum absolute atomic E-state index is 0.148. The van der Waals surface area contributed by atoms with E-state index in [1.54, 1.807) is 20.5 Å². The first-order chi connectivity index (χ1) is 6.61. The first-order valence-electron chi connectivity index (χ1n) is 4.70. The third-order valence-electron chi connectivity index (χ3n) is 1.95. The van der Waals surface area contributed by atoms with Gasteiger partial charge in [-0.3, -0.25) is 4.21 Å². The highest BCUT2D eigenvalue weighted by atomic mass is 32.2. The lowest BCUT2D eigenvalue weighted by molar-refractivity contribution is -0.119. The lowest BCUT2D eigenvalue weighted by atomic mass is 10.3. The van der Waals surface area contributed by atoms with Crippen LogP contribution in [0.1, 0.15) is 13.3 Å². The highest BCUT2D eigenvalue weighted by Crippen LogP contribution is 1.98. The van der Waals surface area contributed by atoms with Gasteiger partial charge in [-0.15, -0.1) is 0 Å². The topological polar surface area (TPSA) is 47.6 Å². The van der Waals surface area contributed by atoms with Crippen molar-refractivity contribution in [3.8, 4) is 0 Å². The molecule has 0 aliphatic carbocycles. The Hall–Kier alpha value is 0.0300. The lowest BCUT2D eigenvalue weighted by Crippen LogP contribution is -2.40. The molecule has 0 rings (SSSR count). The summed E-state index contributed by atoms with van der Waals surface area (Å²) in [4.78, 5) is 0. The van der Waals surface area contributed by atoms with E-state index in [1.807, 2.05) is 6.92 Å². The number of rotatable bonds is 8. The second-order valence-corrected chi connectivity index (χ2v) is 4.77. The fourth-order valence-corrected chi connectivity index (χ4v) is 1.76. The first-order valence-corrected chi connectivity index (χ1v) is 6.43. The van der Waals surface area contributed by atoms with Gasteiger partial charge in [0, 0.05) is 37.0 Å². The van der Waals surface area contributed by atoms with Gasteiger partial charge in [-0.1, -0.05) is 0 Å². The van der Waals surface area contributed by atoms with Crippen molar-refractivity contribution < 1.29 is 13.7 Å². The molecule has 0 aromatic heterocycles. The fourth-order valence-electron chi connectivity index (χ4n) is 1.21. The zero-order valence-electron chi connectivity index (χ0n) is 9.41. The predicted octanol–water partition coefficient (Wildman–Crippen LogP) is 0.352. The maximum absolute atomic E-state index is 10.8. The van der Waals surface area contributed by atoms with Crippen LogP contribution in [0.3, 0.4) is 0 Å². The van der Waals surface area contributed by atoms with Gasteiger partial charge >= 0.3 is 0 Å². The maximum atomic E-state index is 10.8. The Morgan fingerprint density at radius 2 is 1.93 bits per heavy atom. The summed E-state index contributed by atoms with van der Waals surface area (Å²) in [6.45, 7) is 2.84.